The highest BCUT2D eigenvalue weighted by Crippen LogP contribution is 2.27. The number of benzene rings is 1. The Balaban J connectivity index is 1.86. The van der Waals surface area contributed by atoms with Gasteiger partial charge in [0.25, 0.3) is 0 Å². The fourth-order valence-corrected chi connectivity index (χ4v) is 1.98. The number of hydrogen-bond donors (Lipinski definition) is 3. The van der Waals surface area contributed by atoms with Crippen LogP contribution in [0.5, 0.6) is 0 Å². The van der Waals surface area contributed by atoms with Gasteiger partial charge < -0.3 is 16.0 Å². The van der Waals surface area contributed by atoms with Gasteiger partial charge in [-0.2, -0.15) is 0 Å². The van der Waals surface area contributed by atoms with Crippen LogP contribution in [0.1, 0.15) is 33.1 Å². The van der Waals surface area contributed by atoms with Crippen LogP contribution in [-0.2, 0) is 4.79 Å². The second-order valence-electron chi connectivity index (χ2n) is 5.45. The van der Waals surface area contributed by atoms with E-state index in [0.717, 1.165) is 24.9 Å². The van der Waals surface area contributed by atoms with Crippen molar-refractivity contribution in [3.63, 3.8) is 0 Å². The van der Waals surface area contributed by atoms with E-state index in [2.05, 4.69) is 16.0 Å². The van der Waals surface area contributed by atoms with Gasteiger partial charge in [0.2, 0.25) is 5.91 Å². The number of nitrogens with one attached hydrogen (secondary N) is 3. The van der Waals surface area contributed by atoms with E-state index in [9.17, 15) is 9.59 Å². The number of carbonyl (C=O) groups is 2. The molecule has 0 unspecified atom stereocenters. The molecular weight excluding hydrogens is 254 g/mol. The minimum atomic E-state index is -0.230. The SMILES string of the molecule is CC(C)NC(=O)Nc1ccc(NC(=O)C2CCC2)cc1. The third-order valence-corrected chi connectivity index (χ3v) is 3.31. The highest BCUT2D eigenvalue weighted by Gasteiger charge is 2.24. The van der Waals surface area contributed by atoms with Crippen LogP contribution in [-0.4, -0.2) is 18.0 Å². The Morgan fingerprint density at radius 1 is 1.05 bits per heavy atom. The first-order chi connectivity index (χ1) is 9.54. The number of urea groups is 1. The van der Waals surface area contributed by atoms with Crippen LogP contribution in [0.25, 0.3) is 0 Å². The predicted molar refractivity (Wildman–Crippen MR) is 79.7 cm³/mol. The maximum atomic E-state index is 11.8. The molecule has 0 bridgehead atoms. The molecule has 1 aliphatic rings. The molecule has 0 radical (unpaired) electrons. The smallest absolute Gasteiger partial charge is 0.319 e. The van der Waals surface area contributed by atoms with Crippen LogP contribution in [0, 0.1) is 5.92 Å². The Bertz CT molecular complexity index is 478. The molecule has 1 aromatic rings. The van der Waals surface area contributed by atoms with Crippen LogP contribution in [0.15, 0.2) is 24.3 Å². The van der Waals surface area contributed by atoms with Crippen molar-refractivity contribution in [3.8, 4) is 0 Å². The zero-order valence-corrected chi connectivity index (χ0v) is 11.9. The topological polar surface area (TPSA) is 70.2 Å². The van der Waals surface area contributed by atoms with E-state index in [1.807, 2.05) is 13.8 Å². The van der Waals surface area contributed by atoms with Crippen LogP contribution in [0.2, 0.25) is 0 Å². The van der Waals surface area contributed by atoms with Crippen LogP contribution >= 0.6 is 0 Å². The van der Waals surface area contributed by atoms with Crippen molar-refractivity contribution in [2.45, 2.75) is 39.2 Å². The van der Waals surface area contributed by atoms with Gasteiger partial charge in [-0.25, -0.2) is 4.79 Å². The fourth-order valence-electron chi connectivity index (χ4n) is 1.98. The summed E-state index contributed by atoms with van der Waals surface area (Å²) in [7, 11) is 0. The monoisotopic (exact) mass is 275 g/mol. The first-order valence-electron chi connectivity index (χ1n) is 7.03. The lowest BCUT2D eigenvalue weighted by Crippen LogP contribution is -2.34. The van der Waals surface area contributed by atoms with Crippen molar-refractivity contribution in [1.82, 2.24) is 5.32 Å². The number of amides is 3. The summed E-state index contributed by atoms with van der Waals surface area (Å²) in [6, 6.07) is 7.00. The van der Waals surface area contributed by atoms with Crippen molar-refractivity contribution in [3.05, 3.63) is 24.3 Å². The molecule has 5 nitrogen and oxygen atoms in total. The van der Waals surface area contributed by atoms with E-state index in [4.69, 9.17) is 0 Å². The number of anilines is 2. The van der Waals surface area contributed by atoms with E-state index < -0.39 is 0 Å². The average Bonchev–Trinajstić information content (AvgIpc) is 2.28. The molecule has 1 fully saturated rings. The molecule has 3 amide bonds. The second kappa shape index (κ2) is 6.41. The predicted octanol–water partition coefficient (Wildman–Crippen LogP) is 2.96. The lowest BCUT2D eigenvalue weighted by molar-refractivity contribution is -0.122. The summed E-state index contributed by atoms with van der Waals surface area (Å²) in [5.74, 6) is 0.263. The van der Waals surface area contributed by atoms with Gasteiger partial charge >= 0.3 is 6.03 Å². The maximum absolute atomic E-state index is 11.8. The molecule has 1 aliphatic carbocycles. The van der Waals surface area contributed by atoms with Gasteiger partial charge in [-0.1, -0.05) is 6.42 Å². The zero-order valence-electron chi connectivity index (χ0n) is 11.9. The summed E-state index contributed by atoms with van der Waals surface area (Å²) in [5.41, 5.74) is 1.46. The minimum absolute atomic E-state index is 0.0921. The molecule has 1 aromatic carbocycles. The quantitative estimate of drug-likeness (QED) is 0.790. The van der Waals surface area contributed by atoms with Crippen molar-refractivity contribution in [2.24, 2.45) is 5.92 Å². The van der Waals surface area contributed by atoms with Gasteiger partial charge in [-0.3, -0.25) is 4.79 Å². The number of hydrogen-bond acceptors (Lipinski definition) is 2. The van der Waals surface area contributed by atoms with Crippen molar-refractivity contribution in [1.29, 1.82) is 0 Å². The number of rotatable bonds is 4. The molecule has 3 N–H and O–H groups in total. The average molecular weight is 275 g/mol. The van der Waals surface area contributed by atoms with Crippen molar-refractivity contribution >= 4 is 23.3 Å². The van der Waals surface area contributed by atoms with E-state index in [-0.39, 0.29) is 23.9 Å². The molecule has 0 aliphatic heterocycles. The molecule has 0 spiro atoms. The summed E-state index contributed by atoms with van der Waals surface area (Å²) in [6.07, 6.45) is 3.12. The molecular formula is C15H21N3O2. The van der Waals surface area contributed by atoms with Crippen LogP contribution < -0.4 is 16.0 Å². The van der Waals surface area contributed by atoms with E-state index in [1.54, 1.807) is 24.3 Å². The van der Waals surface area contributed by atoms with Crippen LogP contribution in [0.3, 0.4) is 0 Å². The molecule has 108 valence electrons. The van der Waals surface area contributed by atoms with Gasteiger partial charge in [-0.15, -0.1) is 0 Å². The third-order valence-electron chi connectivity index (χ3n) is 3.31. The second-order valence-corrected chi connectivity index (χ2v) is 5.45. The summed E-state index contributed by atoms with van der Waals surface area (Å²) in [4.78, 5) is 23.3. The van der Waals surface area contributed by atoms with Gasteiger partial charge in [-0.05, 0) is 51.0 Å². The van der Waals surface area contributed by atoms with Crippen molar-refractivity contribution < 1.29 is 9.59 Å². The zero-order chi connectivity index (χ0) is 14.5. The van der Waals surface area contributed by atoms with E-state index in [0.29, 0.717) is 5.69 Å². The number of carbonyl (C=O) groups excluding carboxylic acids is 2. The molecule has 0 aromatic heterocycles. The summed E-state index contributed by atoms with van der Waals surface area (Å²) < 4.78 is 0. The summed E-state index contributed by atoms with van der Waals surface area (Å²) in [5, 5.41) is 8.37. The fraction of sp³-hybridized carbons (Fsp3) is 0.467. The van der Waals surface area contributed by atoms with Crippen molar-refractivity contribution in [2.75, 3.05) is 10.6 Å². The Kier molecular flexibility index (Phi) is 4.61. The maximum Gasteiger partial charge on any atom is 0.319 e. The minimum Gasteiger partial charge on any atom is -0.336 e. The molecule has 0 heterocycles. The summed E-state index contributed by atoms with van der Waals surface area (Å²) >= 11 is 0. The Labute approximate surface area is 119 Å². The van der Waals surface area contributed by atoms with Gasteiger partial charge in [0.05, 0.1) is 0 Å². The van der Waals surface area contributed by atoms with E-state index in [1.165, 1.54) is 0 Å². The lowest BCUT2D eigenvalue weighted by Gasteiger charge is -2.24. The standard InChI is InChI=1S/C15H21N3O2/c1-10(2)16-15(20)18-13-8-6-12(7-9-13)17-14(19)11-4-3-5-11/h6-11H,3-5H2,1-2H3,(H,17,19)(H2,16,18,20). The normalized spacial score (nSPS) is 14.6. The molecule has 0 saturated heterocycles. The van der Waals surface area contributed by atoms with E-state index >= 15 is 0 Å². The lowest BCUT2D eigenvalue weighted by atomic mass is 9.85. The highest BCUT2D eigenvalue weighted by molar-refractivity contribution is 5.94. The van der Waals surface area contributed by atoms with Gasteiger partial charge in [0.1, 0.15) is 0 Å². The molecule has 1 saturated carbocycles. The molecule has 0 atom stereocenters. The summed E-state index contributed by atoms with van der Waals surface area (Å²) in [6.45, 7) is 3.80. The molecule has 2 rings (SSSR count). The first-order valence-corrected chi connectivity index (χ1v) is 7.03. The Morgan fingerprint density at radius 3 is 2.05 bits per heavy atom. The first kappa shape index (κ1) is 14.4. The third kappa shape index (κ3) is 3.98. The Morgan fingerprint density at radius 2 is 1.60 bits per heavy atom. The van der Waals surface area contributed by atoms with Gasteiger partial charge in [0, 0.05) is 23.3 Å². The van der Waals surface area contributed by atoms with Crippen LogP contribution in [0.4, 0.5) is 16.2 Å². The van der Waals surface area contributed by atoms with Gasteiger partial charge in [0.15, 0.2) is 0 Å². The Hall–Kier alpha value is -2.04. The highest BCUT2D eigenvalue weighted by atomic mass is 16.2. The largest absolute Gasteiger partial charge is 0.336 e. The molecule has 20 heavy (non-hydrogen) atoms. The molecule has 5 heteroatoms.